The quantitative estimate of drug-likeness (QED) is 0.738. The number of aromatic hydroxyl groups is 1. The molecule has 0 unspecified atom stereocenters. The predicted molar refractivity (Wildman–Crippen MR) is 103 cm³/mol. The van der Waals surface area contributed by atoms with Crippen LogP contribution in [0, 0.1) is 0 Å². The molecular weight excluding hydrogens is 304 g/mol. The lowest BCUT2D eigenvalue weighted by atomic mass is 10.2. The summed E-state index contributed by atoms with van der Waals surface area (Å²) in [5, 5.41) is 12.0. The second-order valence-corrected chi connectivity index (χ2v) is 19.4. The van der Waals surface area contributed by atoms with E-state index in [2.05, 4.69) is 73.8 Å². The van der Waals surface area contributed by atoms with Crippen molar-refractivity contribution in [3.8, 4) is 11.5 Å². The van der Waals surface area contributed by atoms with Crippen molar-refractivity contribution in [2.24, 2.45) is 0 Å². The number of benzene rings is 1. The van der Waals surface area contributed by atoms with Gasteiger partial charge in [0.15, 0.2) is 0 Å². The van der Waals surface area contributed by atoms with Crippen molar-refractivity contribution in [1.29, 1.82) is 0 Å². The molecule has 1 aromatic rings. The first-order valence-electron chi connectivity index (χ1n) is 8.12. The van der Waals surface area contributed by atoms with Crippen LogP contribution in [0.1, 0.15) is 41.5 Å². The zero-order chi connectivity index (χ0) is 17.6. The van der Waals surface area contributed by atoms with E-state index < -0.39 is 16.4 Å². The molecule has 0 saturated heterocycles. The summed E-state index contributed by atoms with van der Waals surface area (Å²) in [6, 6.07) is 5.93. The monoisotopic (exact) mass is 338 g/mol. The third-order valence-electron chi connectivity index (χ3n) is 5.70. The Labute approximate surface area is 139 Å². The smallest absolute Gasteiger partial charge is 0.250 e. The first-order chi connectivity index (χ1) is 9.59. The highest BCUT2D eigenvalue weighted by atomic mass is 28.4. The van der Waals surface area contributed by atoms with E-state index in [9.17, 15) is 5.11 Å². The molecule has 0 aromatic heterocycles. The van der Waals surface area contributed by atoms with Crippen LogP contribution in [0.3, 0.4) is 0 Å². The molecule has 1 N–H and O–H groups in total. The average molecular weight is 339 g/mol. The fourth-order valence-electron chi connectivity index (χ4n) is 1.96. The van der Waals surface area contributed by atoms with Gasteiger partial charge in [0.05, 0.1) is 8.07 Å². The van der Waals surface area contributed by atoms with Crippen LogP contribution in [0.15, 0.2) is 18.2 Å². The molecule has 0 amide bonds. The Bertz CT molecular complexity index is 535. The highest BCUT2D eigenvalue weighted by Gasteiger charge is 2.40. The third kappa shape index (κ3) is 3.77. The highest BCUT2D eigenvalue weighted by molar-refractivity contribution is 6.92. The fourth-order valence-corrected chi connectivity index (χ4v) is 5.00. The second-order valence-electron chi connectivity index (χ2n) is 9.42. The topological polar surface area (TPSA) is 29.5 Å². The summed E-state index contributed by atoms with van der Waals surface area (Å²) >= 11 is 0. The molecule has 0 aliphatic rings. The van der Waals surface area contributed by atoms with Crippen molar-refractivity contribution in [1.82, 2.24) is 0 Å². The minimum absolute atomic E-state index is 0.153. The number of phenols is 1. The maximum atomic E-state index is 10.6. The van der Waals surface area contributed by atoms with Crippen LogP contribution >= 0.6 is 0 Å². The molecule has 0 fully saturated rings. The minimum Gasteiger partial charge on any atom is -0.543 e. The van der Waals surface area contributed by atoms with Gasteiger partial charge >= 0.3 is 0 Å². The molecule has 22 heavy (non-hydrogen) atoms. The van der Waals surface area contributed by atoms with Crippen molar-refractivity contribution < 1.29 is 9.53 Å². The van der Waals surface area contributed by atoms with Gasteiger partial charge in [-0.15, -0.1) is 0 Å². The number of hydrogen-bond acceptors (Lipinski definition) is 2. The fraction of sp³-hybridized carbons (Fsp3) is 0.667. The zero-order valence-electron chi connectivity index (χ0n) is 16.1. The Hall–Kier alpha value is -0.746. The Morgan fingerprint density at radius 3 is 1.73 bits per heavy atom. The van der Waals surface area contributed by atoms with Gasteiger partial charge in [-0.3, -0.25) is 0 Å². The lowest BCUT2D eigenvalue weighted by Crippen LogP contribution is -2.49. The van der Waals surface area contributed by atoms with Crippen LogP contribution in [0.5, 0.6) is 11.5 Å². The number of phenolic OH excluding ortho intramolecular Hbond substituents is 1. The van der Waals surface area contributed by atoms with Crippen molar-refractivity contribution in [3.05, 3.63) is 18.2 Å². The Morgan fingerprint density at radius 1 is 0.864 bits per heavy atom. The molecule has 0 saturated carbocycles. The van der Waals surface area contributed by atoms with Crippen molar-refractivity contribution in [3.63, 3.8) is 0 Å². The second kappa shape index (κ2) is 5.71. The summed E-state index contributed by atoms with van der Waals surface area (Å²) < 4.78 is 6.29. The maximum absolute atomic E-state index is 10.6. The van der Waals surface area contributed by atoms with Crippen molar-refractivity contribution in [2.45, 2.75) is 77.8 Å². The molecule has 0 aliphatic heterocycles. The molecule has 0 heterocycles. The van der Waals surface area contributed by atoms with Crippen LogP contribution in [0.25, 0.3) is 0 Å². The molecule has 2 nitrogen and oxygen atoms in total. The maximum Gasteiger partial charge on any atom is 0.250 e. The Balaban J connectivity index is 3.16. The average Bonchev–Trinajstić information content (AvgIpc) is 2.24. The van der Waals surface area contributed by atoms with Gasteiger partial charge in [0.2, 0.25) is 8.32 Å². The van der Waals surface area contributed by atoms with E-state index in [1.165, 1.54) is 0 Å². The van der Waals surface area contributed by atoms with Crippen molar-refractivity contribution in [2.75, 3.05) is 0 Å². The van der Waals surface area contributed by atoms with Crippen LogP contribution in [0.2, 0.25) is 36.3 Å². The van der Waals surface area contributed by atoms with Gasteiger partial charge in [-0.2, -0.15) is 0 Å². The first-order valence-corrected chi connectivity index (χ1v) is 14.0. The zero-order valence-corrected chi connectivity index (χ0v) is 18.1. The molecule has 0 radical (unpaired) electrons. The van der Waals surface area contributed by atoms with E-state index in [0.29, 0.717) is 5.75 Å². The normalized spacial score (nSPS) is 14.1. The standard InChI is InChI=1S/C18H34O2Si2/c1-17(2,3)21(7,8)16-12-11-14(13-15(16)19)20-22(9,10)18(4,5)6/h11-13,19H,1-10H3. The lowest BCUT2D eigenvalue weighted by Gasteiger charge is -2.38. The summed E-state index contributed by atoms with van der Waals surface area (Å²) in [6.07, 6.45) is 0. The van der Waals surface area contributed by atoms with E-state index in [-0.39, 0.29) is 10.1 Å². The van der Waals surface area contributed by atoms with E-state index in [0.717, 1.165) is 10.9 Å². The Kier molecular flexibility index (Phi) is 5.01. The Morgan fingerprint density at radius 2 is 1.36 bits per heavy atom. The van der Waals surface area contributed by atoms with Gasteiger partial charge in [-0.1, -0.05) is 60.7 Å². The molecule has 1 rings (SSSR count). The van der Waals surface area contributed by atoms with E-state index in [1.807, 2.05) is 12.1 Å². The molecule has 0 atom stereocenters. The van der Waals surface area contributed by atoms with Gasteiger partial charge in [0.25, 0.3) is 0 Å². The van der Waals surface area contributed by atoms with Gasteiger partial charge in [-0.05, 0) is 34.4 Å². The summed E-state index contributed by atoms with van der Waals surface area (Å²) in [5.74, 6) is 1.19. The minimum atomic E-state index is -1.87. The molecule has 0 aliphatic carbocycles. The third-order valence-corrected chi connectivity index (χ3v) is 15.6. The predicted octanol–water partition coefficient (Wildman–Crippen LogP) is 5.49. The summed E-state index contributed by atoms with van der Waals surface area (Å²) in [4.78, 5) is 0. The number of hydrogen-bond donors (Lipinski definition) is 1. The lowest BCUT2D eigenvalue weighted by molar-refractivity contribution is 0.464. The van der Waals surface area contributed by atoms with E-state index in [4.69, 9.17) is 4.43 Å². The van der Waals surface area contributed by atoms with Crippen molar-refractivity contribution >= 4 is 21.6 Å². The number of rotatable bonds is 3. The van der Waals surface area contributed by atoms with Gasteiger partial charge < -0.3 is 9.53 Å². The molecule has 4 heteroatoms. The molecule has 0 bridgehead atoms. The van der Waals surface area contributed by atoms with E-state index >= 15 is 0 Å². The van der Waals surface area contributed by atoms with Gasteiger partial charge in [0.1, 0.15) is 11.5 Å². The van der Waals surface area contributed by atoms with Crippen LogP contribution < -0.4 is 9.61 Å². The van der Waals surface area contributed by atoms with Crippen LogP contribution in [0.4, 0.5) is 0 Å². The molecule has 0 spiro atoms. The molecule has 1 aromatic carbocycles. The first kappa shape index (κ1) is 19.3. The van der Waals surface area contributed by atoms with E-state index in [1.54, 1.807) is 0 Å². The van der Waals surface area contributed by atoms with Crippen LogP contribution in [-0.4, -0.2) is 21.5 Å². The molecular formula is C18H34O2Si2. The summed E-state index contributed by atoms with van der Waals surface area (Å²) in [6.45, 7) is 22.6. The van der Waals surface area contributed by atoms with Gasteiger partial charge in [0, 0.05) is 6.07 Å². The largest absolute Gasteiger partial charge is 0.543 e. The highest BCUT2D eigenvalue weighted by Crippen LogP contribution is 2.40. The molecule has 126 valence electrons. The SMILES string of the molecule is CC(C)(C)[Si](C)(C)Oc1ccc([Si](C)(C)C(C)(C)C)c(O)c1. The van der Waals surface area contributed by atoms with Crippen LogP contribution in [-0.2, 0) is 0 Å². The summed E-state index contributed by atoms with van der Waals surface area (Å²) in [5.41, 5.74) is 0. The van der Waals surface area contributed by atoms with Gasteiger partial charge in [-0.25, -0.2) is 0 Å². The summed E-state index contributed by atoms with van der Waals surface area (Å²) in [7, 11) is -3.61.